The number of rotatable bonds is 3. The van der Waals surface area contributed by atoms with Crippen molar-refractivity contribution >= 4 is 0 Å². The highest BCUT2D eigenvalue weighted by atomic mass is 19.1. The van der Waals surface area contributed by atoms with Crippen LogP contribution in [0.1, 0.15) is 11.7 Å². The summed E-state index contributed by atoms with van der Waals surface area (Å²) in [5.41, 5.74) is 1.13. The number of hydrogen-bond acceptors (Lipinski definition) is 3. The second kappa shape index (κ2) is 6.03. The molecule has 2 aromatic carbocycles. The van der Waals surface area contributed by atoms with Crippen molar-refractivity contribution in [2.75, 3.05) is 19.7 Å². The summed E-state index contributed by atoms with van der Waals surface area (Å²) in [7, 11) is 0. The third-order valence-electron chi connectivity index (χ3n) is 3.23. The Hall–Kier alpha value is -1.91. The van der Waals surface area contributed by atoms with Crippen LogP contribution in [-0.2, 0) is 4.74 Å². The van der Waals surface area contributed by atoms with Gasteiger partial charge in [0.15, 0.2) is 0 Å². The maximum absolute atomic E-state index is 12.8. The molecule has 1 N–H and O–H groups in total. The van der Waals surface area contributed by atoms with Crippen LogP contribution in [-0.4, -0.2) is 19.7 Å². The Morgan fingerprint density at radius 2 is 1.65 bits per heavy atom. The summed E-state index contributed by atoms with van der Waals surface area (Å²) < 4.78 is 24.2. The third kappa shape index (κ3) is 3.15. The van der Waals surface area contributed by atoms with E-state index in [0.29, 0.717) is 5.75 Å². The minimum absolute atomic E-state index is 0.101. The zero-order valence-corrected chi connectivity index (χ0v) is 11.0. The molecule has 20 heavy (non-hydrogen) atoms. The number of ether oxygens (including phenoxy) is 2. The molecule has 0 amide bonds. The molecule has 0 radical (unpaired) electrons. The summed E-state index contributed by atoms with van der Waals surface area (Å²) in [6.45, 7) is 2.47. The number of nitrogens with one attached hydrogen (secondary N) is 1. The first-order valence-electron chi connectivity index (χ1n) is 6.67. The average molecular weight is 273 g/mol. The van der Waals surface area contributed by atoms with E-state index in [1.54, 1.807) is 12.1 Å². The molecule has 1 atom stereocenters. The van der Waals surface area contributed by atoms with E-state index in [4.69, 9.17) is 9.47 Å². The fourth-order valence-electron chi connectivity index (χ4n) is 2.17. The minimum atomic E-state index is -0.269. The van der Waals surface area contributed by atoms with Gasteiger partial charge in [-0.25, -0.2) is 4.39 Å². The summed E-state index contributed by atoms with van der Waals surface area (Å²) in [5, 5.41) is 3.30. The van der Waals surface area contributed by atoms with E-state index < -0.39 is 0 Å². The summed E-state index contributed by atoms with van der Waals surface area (Å²) in [6, 6.07) is 13.8. The van der Waals surface area contributed by atoms with Crippen molar-refractivity contribution in [1.82, 2.24) is 5.32 Å². The van der Waals surface area contributed by atoms with Gasteiger partial charge in [0.1, 0.15) is 17.3 Å². The molecule has 3 rings (SSSR count). The molecule has 0 spiro atoms. The Morgan fingerprint density at radius 3 is 2.25 bits per heavy atom. The second-order valence-electron chi connectivity index (χ2n) is 4.69. The molecule has 1 aliphatic heterocycles. The Morgan fingerprint density at radius 1 is 1.00 bits per heavy atom. The summed E-state index contributed by atoms with van der Waals surface area (Å²) in [6.07, 6.45) is 0.101. The SMILES string of the molecule is Fc1ccc(Oc2ccc(C3CNCCO3)cc2)cc1. The van der Waals surface area contributed by atoms with Gasteiger partial charge in [-0.15, -0.1) is 0 Å². The van der Waals surface area contributed by atoms with Crippen molar-refractivity contribution < 1.29 is 13.9 Å². The van der Waals surface area contributed by atoms with E-state index in [1.807, 2.05) is 24.3 Å². The zero-order valence-electron chi connectivity index (χ0n) is 11.0. The maximum Gasteiger partial charge on any atom is 0.127 e. The van der Waals surface area contributed by atoms with Gasteiger partial charge < -0.3 is 14.8 Å². The van der Waals surface area contributed by atoms with Crippen LogP contribution in [0.15, 0.2) is 48.5 Å². The van der Waals surface area contributed by atoms with Gasteiger partial charge in [0, 0.05) is 13.1 Å². The van der Waals surface area contributed by atoms with Crippen molar-refractivity contribution in [3.63, 3.8) is 0 Å². The molecule has 0 aromatic heterocycles. The van der Waals surface area contributed by atoms with Gasteiger partial charge in [-0.05, 0) is 42.0 Å². The van der Waals surface area contributed by atoms with Crippen molar-refractivity contribution in [3.8, 4) is 11.5 Å². The van der Waals surface area contributed by atoms with Crippen LogP contribution in [0.4, 0.5) is 4.39 Å². The van der Waals surface area contributed by atoms with Gasteiger partial charge >= 0.3 is 0 Å². The van der Waals surface area contributed by atoms with E-state index in [-0.39, 0.29) is 11.9 Å². The fourth-order valence-corrected chi connectivity index (χ4v) is 2.17. The molecule has 104 valence electrons. The molecule has 1 unspecified atom stereocenters. The molecule has 0 aliphatic carbocycles. The van der Waals surface area contributed by atoms with Crippen molar-refractivity contribution in [3.05, 3.63) is 59.9 Å². The average Bonchev–Trinajstić information content (AvgIpc) is 2.51. The molecule has 1 fully saturated rings. The van der Waals surface area contributed by atoms with Gasteiger partial charge in [-0.3, -0.25) is 0 Å². The monoisotopic (exact) mass is 273 g/mol. The smallest absolute Gasteiger partial charge is 0.127 e. The fraction of sp³-hybridized carbons (Fsp3) is 0.250. The van der Waals surface area contributed by atoms with E-state index in [9.17, 15) is 4.39 Å². The topological polar surface area (TPSA) is 30.5 Å². The summed E-state index contributed by atoms with van der Waals surface area (Å²) >= 11 is 0. The van der Waals surface area contributed by atoms with Gasteiger partial charge in [-0.2, -0.15) is 0 Å². The first kappa shape index (κ1) is 13.1. The minimum Gasteiger partial charge on any atom is -0.457 e. The quantitative estimate of drug-likeness (QED) is 0.931. The molecule has 1 aliphatic rings. The lowest BCUT2D eigenvalue weighted by atomic mass is 10.1. The Balaban J connectivity index is 1.67. The Kier molecular flexibility index (Phi) is 3.95. The lowest BCUT2D eigenvalue weighted by molar-refractivity contribution is 0.0277. The van der Waals surface area contributed by atoms with Gasteiger partial charge in [-0.1, -0.05) is 12.1 Å². The van der Waals surface area contributed by atoms with E-state index in [1.165, 1.54) is 12.1 Å². The predicted octanol–water partition coefficient (Wildman–Crippen LogP) is 3.28. The molecule has 0 saturated carbocycles. The highest BCUT2D eigenvalue weighted by molar-refractivity contribution is 5.34. The van der Waals surface area contributed by atoms with Crippen LogP contribution < -0.4 is 10.1 Å². The summed E-state index contributed by atoms with van der Waals surface area (Å²) in [5.74, 6) is 1.08. The molecular weight excluding hydrogens is 257 g/mol. The molecule has 2 aromatic rings. The lowest BCUT2D eigenvalue weighted by Gasteiger charge is -2.24. The number of hydrogen-bond donors (Lipinski definition) is 1. The lowest BCUT2D eigenvalue weighted by Crippen LogP contribution is -2.33. The molecule has 3 nitrogen and oxygen atoms in total. The van der Waals surface area contributed by atoms with Crippen LogP contribution in [0.5, 0.6) is 11.5 Å². The summed E-state index contributed by atoms with van der Waals surface area (Å²) in [4.78, 5) is 0. The largest absolute Gasteiger partial charge is 0.457 e. The van der Waals surface area contributed by atoms with Crippen LogP contribution in [0, 0.1) is 5.82 Å². The van der Waals surface area contributed by atoms with E-state index in [0.717, 1.165) is 31.0 Å². The molecule has 1 heterocycles. The highest BCUT2D eigenvalue weighted by Crippen LogP contribution is 2.25. The molecule has 0 bridgehead atoms. The number of halogens is 1. The maximum atomic E-state index is 12.8. The van der Waals surface area contributed by atoms with Crippen LogP contribution in [0.2, 0.25) is 0 Å². The predicted molar refractivity (Wildman–Crippen MR) is 74.5 cm³/mol. The van der Waals surface area contributed by atoms with Gasteiger partial charge in [0.2, 0.25) is 0 Å². The van der Waals surface area contributed by atoms with Crippen LogP contribution in [0.25, 0.3) is 0 Å². The molecular formula is C16H16FNO2. The van der Waals surface area contributed by atoms with Gasteiger partial charge in [0.25, 0.3) is 0 Å². The second-order valence-corrected chi connectivity index (χ2v) is 4.69. The Bertz CT molecular complexity index is 548. The highest BCUT2D eigenvalue weighted by Gasteiger charge is 2.15. The first-order chi connectivity index (χ1) is 9.81. The standard InChI is InChI=1S/C16H16FNO2/c17-13-3-7-15(8-4-13)20-14-5-1-12(2-6-14)16-11-18-9-10-19-16/h1-8,16,18H,9-11H2. The van der Waals surface area contributed by atoms with E-state index in [2.05, 4.69) is 5.32 Å². The van der Waals surface area contributed by atoms with E-state index >= 15 is 0 Å². The van der Waals surface area contributed by atoms with Crippen LogP contribution in [0.3, 0.4) is 0 Å². The van der Waals surface area contributed by atoms with Crippen molar-refractivity contribution in [2.24, 2.45) is 0 Å². The third-order valence-corrected chi connectivity index (χ3v) is 3.23. The normalized spacial score (nSPS) is 18.8. The number of benzene rings is 2. The van der Waals surface area contributed by atoms with Crippen LogP contribution >= 0.6 is 0 Å². The molecule has 1 saturated heterocycles. The van der Waals surface area contributed by atoms with Crippen molar-refractivity contribution in [1.29, 1.82) is 0 Å². The first-order valence-corrected chi connectivity index (χ1v) is 6.67. The number of morpholine rings is 1. The zero-order chi connectivity index (χ0) is 13.8. The molecule has 4 heteroatoms. The van der Waals surface area contributed by atoms with Gasteiger partial charge in [0.05, 0.1) is 12.7 Å². The van der Waals surface area contributed by atoms with Crippen molar-refractivity contribution in [2.45, 2.75) is 6.10 Å². The Labute approximate surface area is 117 Å².